The molecule has 2 amide bonds. The first-order valence-corrected chi connectivity index (χ1v) is 11.9. The minimum absolute atomic E-state index is 0.0308. The maximum absolute atomic E-state index is 13.0. The molecule has 2 heterocycles. The second kappa shape index (κ2) is 9.77. The normalized spacial score (nSPS) is 16.6. The number of carbonyl (C=O) groups is 2. The molecule has 10 nitrogen and oxygen atoms in total. The lowest BCUT2D eigenvalue weighted by Crippen LogP contribution is -2.45. The van der Waals surface area contributed by atoms with E-state index in [1.165, 1.54) is 27.4 Å². The lowest BCUT2D eigenvalue weighted by atomic mass is 10.2. The molecule has 0 aliphatic carbocycles. The zero-order valence-electron chi connectivity index (χ0n) is 18.2. The number of benzene rings is 2. The highest BCUT2D eigenvalue weighted by atomic mass is 32.2. The fourth-order valence-electron chi connectivity index (χ4n) is 3.63. The van der Waals surface area contributed by atoms with Crippen molar-refractivity contribution < 1.29 is 32.2 Å². The third kappa shape index (κ3) is 5.10. The van der Waals surface area contributed by atoms with Crippen LogP contribution < -0.4 is 19.7 Å². The molecule has 11 heteroatoms. The van der Waals surface area contributed by atoms with Gasteiger partial charge in [0.15, 0.2) is 6.61 Å². The zero-order valence-corrected chi connectivity index (χ0v) is 19.0. The molecule has 0 unspecified atom stereocenters. The van der Waals surface area contributed by atoms with Crippen molar-refractivity contribution in [2.75, 3.05) is 51.5 Å². The average molecular weight is 476 g/mol. The second-order valence-electron chi connectivity index (χ2n) is 7.54. The Morgan fingerprint density at radius 1 is 1.15 bits per heavy atom. The van der Waals surface area contributed by atoms with Crippen LogP contribution in [0.15, 0.2) is 47.4 Å². The lowest BCUT2D eigenvalue weighted by Gasteiger charge is -2.30. The summed E-state index contributed by atoms with van der Waals surface area (Å²) in [6.07, 6.45) is 0. The first-order valence-electron chi connectivity index (χ1n) is 10.4. The lowest BCUT2D eigenvalue weighted by molar-refractivity contribution is -0.125. The van der Waals surface area contributed by atoms with Gasteiger partial charge in [-0.25, -0.2) is 8.42 Å². The number of hydrogen-bond donors (Lipinski definition) is 1. The predicted octanol–water partition coefficient (Wildman–Crippen LogP) is 0.758. The Balaban J connectivity index is 1.51. The van der Waals surface area contributed by atoms with E-state index < -0.39 is 15.9 Å². The number of amides is 2. The van der Waals surface area contributed by atoms with E-state index >= 15 is 0 Å². The van der Waals surface area contributed by atoms with Crippen LogP contribution in [-0.2, 0) is 30.9 Å². The van der Waals surface area contributed by atoms with Gasteiger partial charge < -0.3 is 19.5 Å². The van der Waals surface area contributed by atoms with Crippen molar-refractivity contribution in [3.8, 4) is 11.5 Å². The zero-order chi connectivity index (χ0) is 23.4. The summed E-state index contributed by atoms with van der Waals surface area (Å²) in [6.45, 7) is 0.923. The number of anilines is 1. The van der Waals surface area contributed by atoms with E-state index in [1.54, 1.807) is 19.2 Å². The molecule has 1 N–H and O–H groups in total. The molecular weight excluding hydrogens is 450 g/mol. The molecule has 0 atom stereocenters. The van der Waals surface area contributed by atoms with Crippen molar-refractivity contribution in [2.24, 2.45) is 0 Å². The van der Waals surface area contributed by atoms with Gasteiger partial charge in [-0.05, 0) is 35.9 Å². The minimum Gasteiger partial charge on any atom is -0.497 e. The van der Waals surface area contributed by atoms with Crippen LogP contribution in [0.3, 0.4) is 0 Å². The van der Waals surface area contributed by atoms with Crippen LogP contribution in [-0.4, -0.2) is 71.1 Å². The van der Waals surface area contributed by atoms with E-state index in [4.69, 9.17) is 14.2 Å². The molecule has 176 valence electrons. The maximum atomic E-state index is 13.0. The smallest absolute Gasteiger partial charge is 0.265 e. The molecule has 2 aliphatic rings. The summed E-state index contributed by atoms with van der Waals surface area (Å²) < 4.78 is 43.3. The molecule has 0 spiro atoms. The van der Waals surface area contributed by atoms with Crippen LogP contribution in [0.1, 0.15) is 5.56 Å². The van der Waals surface area contributed by atoms with Crippen molar-refractivity contribution >= 4 is 27.5 Å². The number of methoxy groups -OCH3 is 1. The molecule has 1 fully saturated rings. The summed E-state index contributed by atoms with van der Waals surface area (Å²) in [4.78, 5) is 26.4. The van der Waals surface area contributed by atoms with Gasteiger partial charge in [-0.3, -0.25) is 14.5 Å². The summed E-state index contributed by atoms with van der Waals surface area (Å²) in [5.74, 6) is 0.199. The Bertz CT molecular complexity index is 1150. The number of ether oxygens (including phenoxy) is 3. The van der Waals surface area contributed by atoms with E-state index in [2.05, 4.69) is 5.32 Å². The SMILES string of the molecule is COc1cccc(CNC(=O)CN2C(=O)COc3ccc(S(=O)(=O)N4CCOCC4)cc32)c1. The Kier molecular flexibility index (Phi) is 6.82. The second-order valence-corrected chi connectivity index (χ2v) is 9.48. The minimum atomic E-state index is -3.77. The summed E-state index contributed by atoms with van der Waals surface area (Å²) >= 11 is 0. The van der Waals surface area contributed by atoms with Crippen molar-refractivity contribution in [1.82, 2.24) is 9.62 Å². The fraction of sp³-hybridized carbons (Fsp3) is 0.364. The van der Waals surface area contributed by atoms with Crippen LogP contribution in [0.25, 0.3) is 0 Å². The van der Waals surface area contributed by atoms with E-state index in [0.29, 0.717) is 24.7 Å². The quantitative estimate of drug-likeness (QED) is 0.629. The van der Waals surface area contributed by atoms with Crippen LogP contribution in [0.5, 0.6) is 11.5 Å². The molecule has 0 radical (unpaired) electrons. The summed E-state index contributed by atoms with van der Waals surface area (Å²) in [6, 6.07) is 11.6. The average Bonchev–Trinajstić information content (AvgIpc) is 2.85. The van der Waals surface area contributed by atoms with E-state index in [-0.39, 0.29) is 49.3 Å². The Morgan fingerprint density at radius 3 is 2.70 bits per heavy atom. The maximum Gasteiger partial charge on any atom is 0.265 e. The number of rotatable bonds is 7. The van der Waals surface area contributed by atoms with Gasteiger partial charge in [0.2, 0.25) is 15.9 Å². The first-order chi connectivity index (χ1) is 15.9. The number of nitrogens with zero attached hydrogens (tertiary/aromatic N) is 2. The van der Waals surface area contributed by atoms with Crippen LogP contribution >= 0.6 is 0 Å². The van der Waals surface area contributed by atoms with Gasteiger partial charge in [0.1, 0.15) is 18.0 Å². The Labute approximate surface area is 192 Å². The summed E-state index contributed by atoms with van der Waals surface area (Å²) in [5, 5.41) is 2.78. The van der Waals surface area contributed by atoms with Crippen molar-refractivity contribution in [1.29, 1.82) is 0 Å². The molecule has 0 aromatic heterocycles. The van der Waals surface area contributed by atoms with Gasteiger partial charge in [0.05, 0.1) is 30.9 Å². The largest absolute Gasteiger partial charge is 0.497 e. The molecule has 2 aromatic rings. The number of morpholine rings is 1. The van der Waals surface area contributed by atoms with Crippen LogP contribution in [0, 0.1) is 0 Å². The summed E-state index contributed by atoms with van der Waals surface area (Å²) in [7, 11) is -2.21. The molecule has 33 heavy (non-hydrogen) atoms. The number of nitrogens with one attached hydrogen (secondary N) is 1. The van der Waals surface area contributed by atoms with Gasteiger partial charge in [-0.2, -0.15) is 4.31 Å². The predicted molar refractivity (Wildman–Crippen MR) is 119 cm³/mol. The van der Waals surface area contributed by atoms with Gasteiger partial charge in [-0.1, -0.05) is 12.1 Å². The standard InChI is InChI=1S/C22H25N3O7S/c1-30-17-4-2-3-16(11-17)13-23-21(26)14-25-19-12-18(5-6-20(19)32-15-22(25)27)33(28,29)24-7-9-31-10-8-24/h2-6,11-12H,7-10,13-15H2,1H3,(H,23,26). The first kappa shape index (κ1) is 23.0. The van der Waals surface area contributed by atoms with Crippen molar-refractivity contribution in [3.05, 3.63) is 48.0 Å². The molecule has 2 aromatic carbocycles. The molecule has 2 aliphatic heterocycles. The van der Waals surface area contributed by atoms with Gasteiger partial charge >= 0.3 is 0 Å². The van der Waals surface area contributed by atoms with Crippen molar-refractivity contribution in [2.45, 2.75) is 11.4 Å². The molecule has 4 rings (SSSR count). The number of hydrogen-bond acceptors (Lipinski definition) is 7. The van der Waals surface area contributed by atoms with E-state index in [1.807, 2.05) is 12.1 Å². The van der Waals surface area contributed by atoms with Crippen molar-refractivity contribution in [3.63, 3.8) is 0 Å². The van der Waals surface area contributed by atoms with Crippen LogP contribution in [0.2, 0.25) is 0 Å². The Morgan fingerprint density at radius 2 is 1.94 bits per heavy atom. The third-order valence-corrected chi connectivity index (χ3v) is 7.30. The third-order valence-electron chi connectivity index (χ3n) is 5.41. The fourth-order valence-corrected chi connectivity index (χ4v) is 5.06. The van der Waals surface area contributed by atoms with Gasteiger partial charge in [0, 0.05) is 19.6 Å². The highest BCUT2D eigenvalue weighted by Crippen LogP contribution is 2.35. The highest BCUT2D eigenvalue weighted by molar-refractivity contribution is 7.89. The number of sulfonamides is 1. The topological polar surface area (TPSA) is 114 Å². The summed E-state index contributed by atoms with van der Waals surface area (Å²) in [5.41, 5.74) is 1.09. The van der Waals surface area contributed by atoms with Crippen LogP contribution in [0.4, 0.5) is 5.69 Å². The van der Waals surface area contributed by atoms with E-state index in [0.717, 1.165) is 5.56 Å². The monoisotopic (exact) mass is 475 g/mol. The molecule has 0 saturated carbocycles. The van der Waals surface area contributed by atoms with Gasteiger partial charge in [0.25, 0.3) is 5.91 Å². The number of carbonyl (C=O) groups excluding carboxylic acids is 2. The molecular formula is C22H25N3O7S. The Hall–Kier alpha value is -3.15. The highest BCUT2D eigenvalue weighted by Gasteiger charge is 2.31. The molecule has 0 bridgehead atoms. The number of fused-ring (bicyclic) bond motifs is 1. The van der Waals surface area contributed by atoms with Gasteiger partial charge in [-0.15, -0.1) is 0 Å². The molecule has 1 saturated heterocycles. The van der Waals surface area contributed by atoms with E-state index in [9.17, 15) is 18.0 Å².